The molecule has 2 aliphatic rings. The van der Waals surface area contributed by atoms with E-state index < -0.39 is 27.4 Å². The number of nitrogens with zero attached hydrogens (tertiary/aromatic N) is 2. The second kappa shape index (κ2) is 12.5. The van der Waals surface area contributed by atoms with Crippen molar-refractivity contribution in [1.82, 2.24) is 4.31 Å². The molecule has 1 N–H and O–H groups in total. The highest BCUT2D eigenvalue weighted by Crippen LogP contribution is 2.45. The number of halogens is 1. The van der Waals surface area contributed by atoms with E-state index in [0.29, 0.717) is 35.5 Å². The second-order valence-corrected chi connectivity index (χ2v) is 13.4. The predicted molar refractivity (Wildman–Crippen MR) is 165 cm³/mol. The van der Waals surface area contributed by atoms with Crippen LogP contribution in [0.4, 0.5) is 15.8 Å². The highest BCUT2D eigenvalue weighted by Gasteiger charge is 2.41. The summed E-state index contributed by atoms with van der Waals surface area (Å²) in [6.45, 7) is 0.678. The molecule has 1 aromatic heterocycles. The van der Waals surface area contributed by atoms with Gasteiger partial charge in [-0.25, -0.2) is 17.6 Å². The van der Waals surface area contributed by atoms with E-state index in [4.69, 9.17) is 9.15 Å². The van der Waals surface area contributed by atoms with Crippen LogP contribution in [0.3, 0.4) is 0 Å². The number of hydrogen-bond acceptors (Lipinski definition) is 6. The first-order chi connectivity index (χ1) is 21.2. The zero-order valence-electron chi connectivity index (χ0n) is 24.5. The molecule has 6 rings (SSSR count). The van der Waals surface area contributed by atoms with Gasteiger partial charge < -0.3 is 19.2 Å². The fourth-order valence-corrected chi connectivity index (χ4v) is 8.04. The number of benzene rings is 3. The summed E-state index contributed by atoms with van der Waals surface area (Å²) >= 11 is 0. The first-order valence-electron chi connectivity index (χ1n) is 14.9. The number of likely N-dealkylation sites (N-methyl/N-ethyl adjacent to an activating group) is 1. The van der Waals surface area contributed by atoms with Crippen LogP contribution in [-0.2, 0) is 16.4 Å². The standard InChI is InChI=1S/C34H35FN2O6S/c1-36-31(23-9-4-2-5-10-23)22-37(25-11-6-3-7-12-25)30-21-32(43-18-16-26-13-8-17-42-26)27(20-33(30)44(36,40)41)24-14-15-29(35)28(19-24)34(38)39/h3,6-8,11-15,17,19-21,23,31H,2,4-5,9-10,16,18,22H2,1H3,(H,38,39)/t31-/m0/s1. The van der Waals surface area contributed by atoms with Crippen molar-refractivity contribution in [2.75, 3.05) is 25.1 Å². The van der Waals surface area contributed by atoms with Gasteiger partial charge in [0.15, 0.2) is 0 Å². The molecule has 8 nitrogen and oxygen atoms in total. The smallest absolute Gasteiger partial charge is 0.338 e. The first kappa shape index (κ1) is 29.9. The van der Waals surface area contributed by atoms with Gasteiger partial charge in [0.25, 0.3) is 0 Å². The topological polar surface area (TPSA) is 100 Å². The lowest BCUT2D eigenvalue weighted by molar-refractivity contribution is 0.0692. The lowest BCUT2D eigenvalue weighted by Crippen LogP contribution is -2.46. The number of furan rings is 1. The molecular weight excluding hydrogens is 583 g/mol. The zero-order chi connectivity index (χ0) is 30.8. The van der Waals surface area contributed by atoms with E-state index in [0.717, 1.165) is 49.6 Å². The van der Waals surface area contributed by atoms with Gasteiger partial charge in [-0.1, -0.05) is 43.5 Å². The molecule has 2 heterocycles. The Morgan fingerprint density at radius 2 is 1.80 bits per heavy atom. The van der Waals surface area contributed by atoms with Crippen LogP contribution in [0, 0.1) is 11.7 Å². The summed E-state index contributed by atoms with van der Waals surface area (Å²) in [5.41, 5.74) is 1.49. The summed E-state index contributed by atoms with van der Waals surface area (Å²) in [6.07, 6.45) is 7.26. The Labute approximate surface area is 256 Å². The van der Waals surface area contributed by atoms with Crippen LogP contribution >= 0.6 is 0 Å². The highest BCUT2D eigenvalue weighted by molar-refractivity contribution is 7.89. The van der Waals surface area contributed by atoms with E-state index in [1.54, 1.807) is 31.5 Å². The van der Waals surface area contributed by atoms with Crippen LogP contribution in [0.2, 0.25) is 0 Å². The normalized spacial score (nSPS) is 18.9. The number of anilines is 2. The average Bonchev–Trinajstić information content (AvgIpc) is 3.53. The minimum atomic E-state index is -4.00. The number of fused-ring (bicyclic) bond motifs is 1. The van der Waals surface area contributed by atoms with Gasteiger partial charge in [0.2, 0.25) is 10.0 Å². The molecule has 0 amide bonds. The zero-order valence-corrected chi connectivity index (χ0v) is 25.3. The Hall–Kier alpha value is -4.15. The van der Waals surface area contributed by atoms with Gasteiger partial charge in [-0.05, 0) is 66.8 Å². The lowest BCUT2D eigenvalue weighted by Gasteiger charge is -2.36. The third kappa shape index (κ3) is 5.84. The molecule has 0 saturated heterocycles. The molecule has 0 bridgehead atoms. The minimum absolute atomic E-state index is 0.0803. The molecule has 10 heteroatoms. The van der Waals surface area contributed by atoms with E-state index in [-0.39, 0.29) is 23.5 Å². The molecule has 44 heavy (non-hydrogen) atoms. The van der Waals surface area contributed by atoms with Gasteiger partial charge in [-0.3, -0.25) is 0 Å². The number of carboxylic acids is 1. The van der Waals surface area contributed by atoms with Crippen molar-refractivity contribution >= 4 is 27.4 Å². The number of carbonyl (C=O) groups is 1. The molecule has 1 aliphatic carbocycles. The first-order valence-corrected chi connectivity index (χ1v) is 16.3. The van der Waals surface area contributed by atoms with Gasteiger partial charge in [-0.2, -0.15) is 4.31 Å². The number of aromatic carboxylic acids is 1. The number of hydrogen-bond donors (Lipinski definition) is 1. The van der Waals surface area contributed by atoms with Crippen molar-refractivity contribution < 1.29 is 31.9 Å². The molecular formula is C34H35FN2O6S. The van der Waals surface area contributed by atoms with Crippen molar-refractivity contribution in [1.29, 1.82) is 0 Å². The summed E-state index contributed by atoms with van der Waals surface area (Å²) in [6, 6.07) is 20.1. The summed E-state index contributed by atoms with van der Waals surface area (Å²) < 4.78 is 56.6. The molecule has 3 aromatic carbocycles. The van der Waals surface area contributed by atoms with Crippen LogP contribution in [-0.4, -0.2) is 50.0 Å². The van der Waals surface area contributed by atoms with Crippen molar-refractivity contribution in [2.45, 2.75) is 49.5 Å². The SMILES string of the molecule is CN1[C@H](C2CCCCC2)CN(c2ccccc2)c2cc(OCCc3ccco3)c(-c3ccc(F)c(C(=O)O)c3)cc2S1(=O)=O. The van der Waals surface area contributed by atoms with Crippen molar-refractivity contribution in [3.8, 4) is 16.9 Å². The molecule has 1 atom stereocenters. The van der Waals surface area contributed by atoms with E-state index >= 15 is 0 Å². The van der Waals surface area contributed by atoms with Crippen LogP contribution in [0.25, 0.3) is 11.1 Å². The minimum Gasteiger partial charge on any atom is -0.492 e. The van der Waals surface area contributed by atoms with E-state index in [1.165, 1.54) is 16.4 Å². The summed E-state index contributed by atoms with van der Waals surface area (Å²) in [4.78, 5) is 13.9. The fourth-order valence-electron chi connectivity index (χ4n) is 6.44. The number of ether oxygens (including phenoxy) is 1. The highest BCUT2D eigenvalue weighted by atomic mass is 32.2. The Morgan fingerprint density at radius 3 is 2.50 bits per heavy atom. The maximum absolute atomic E-state index is 14.4. The van der Waals surface area contributed by atoms with Crippen molar-refractivity contribution in [3.05, 3.63) is 96.2 Å². The largest absolute Gasteiger partial charge is 0.492 e. The van der Waals surface area contributed by atoms with Gasteiger partial charge in [0, 0.05) is 43.4 Å². The van der Waals surface area contributed by atoms with Crippen molar-refractivity contribution in [3.63, 3.8) is 0 Å². The summed E-state index contributed by atoms with van der Waals surface area (Å²) in [5.74, 6) is -1.01. The molecule has 0 unspecified atom stereocenters. The van der Waals surface area contributed by atoms with Crippen molar-refractivity contribution in [2.24, 2.45) is 5.92 Å². The average molecular weight is 619 g/mol. The van der Waals surface area contributed by atoms with E-state index in [2.05, 4.69) is 0 Å². The maximum atomic E-state index is 14.4. The third-order valence-electron chi connectivity index (χ3n) is 8.80. The van der Waals surface area contributed by atoms with E-state index in [1.807, 2.05) is 41.3 Å². The van der Waals surface area contributed by atoms with Gasteiger partial charge >= 0.3 is 5.97 Å². The Kier molecular flexibility index (Phi) is 8.46. The van der Waals surface area contributed by atoms with Crippen LogP contribution in [0.15, 0.2) is 88.4 Å². The molecule has 1 fully saturated rings. The van der Waals surface area contributed by atoms with Gasteiger partial charge in [0.1, 0.15) is 22.2 Å². The number of rotatable bonds is 8. The second-order valence-electron chi connectivity index (χ2n) is 11.4. The lowest BCUT2D eigenvalue weighted by atomic mass is 9.83. The molecule has 4 aromatic rings. The molecule has 1 aliphatic heterocycles. The Bertz CT molecular complexity index is 1740. The maximum Gasteiger partial charge on any atom is 0.338 e. The number of para-hydroxylation sites is 1. The fraction of sp³-hybridized carbons (Fsp3) is 0.324. The Balaban J connectivity index is 1.53. The summed E-state index contributed by atoms with van der Waals surface area (Å²) in [7, 11) is -2.35. The monoisotopic (exact) mass is 618 g/mol. The quantitative estimate of drug-likeness (QED) is 0.224. The molecule has 1 saturated carbocycles. The molecule has 0 radical (unpaired) electrons. The van der Waals surface area contributed by atoms with Crippen LogP contribution < -0.4 is 9.64 Å². The van der Waals surface area contributed by atoms with Crippen LogP contribution in [0.5, 0.6) is 5.75 Å². The number of carboxylic acid groups (broad SMARTS) is 1. The predicted octanol–water partition coefficient (Wildman–Crippen LogP) is 7.13. The molecule has 230 valence electrons. The number of sulfonamides is 1. The van der Waals surface area contributed by atoms with Crippen LogP contribution in [0.1, 0.15) is 48.2 Å². The van der Waals surface area contributed by atoms with E-state index in [9.17, 15) is 22.7 Å². The third-order valence-corrected chi connectivity index (χ3v) is 10.7. The van der Waals surface area contributed by atoms with Gasteiger partial charge in [-0.15, -0.1) is 0 Å². The molecule has 0 spiro atoms. The Morgan fingerprint density at radius 1 is 1.02 bits per heavy atom. The van der Waals surface area contributed by atoms with Gasteiger partial charge in [0.05, 0.1) is 24.1 Å². The summed E-state index contributed by atoms with van der Waals surface area (Å²) in [5, 5.41) is 9.62.